The van der Waals surface area contributed by atoms with Gasteiger partial charge in [-0.15, -0.1) is 13.2 Å². The van der Waals surface area contributed by atoms with Crippen LogP contribution in [-0.4, -0.2) is 12.5 Å². The van der Waals surface area contributed by atoms with Crippen molar-refractivity contribution in [1.29, 1.82) is 0 Å². The van der Waals surface area contributed by atoms with Gasteiger partial charge < -0.3 is 5.32 Å². The normalized spacial score (nSPS) is 9.65. The fraction of sp³-hybridized carbons (Fsp3) is 0.800. The van der Waals surface area contributed by atoms with E-state index in [1.165, 1.54) is 38.5 Å². The SMILES string of the molecule is C=C.CCC(CC)CCCCCCNC(C)=O.[HH]. The lowest BCUT2D eigenvalue weighted by atomic mass is 9.96. The van der Waals surface area contributed by atoms with E-state index in [0.717, 1.165) is 18.9 Å². The van der Waals surface area contributed by atoms with Gasteiger partial charge in [0, 0.05) is 14.9 Å². The van der Waals surface area contributed by atoms with Gasteiger partial charge in [0.25, 0.3) is 0 Å². The number of amides is 1. The molecule has 104 valence electrons. The highest BCUT2D eigenvalue weighted by Crippen LogP contribution is 2.16. The average Bonchev–Trinajstić information content (AvgIpc) is 2.35. The summed E-state index contributed by atoms with van der Waals surface area (Å²) in [6, 6.07) is 0. The summed E-state index contributed by atoms with van der Waals surface area (Å²) in [7, 11) is 0. The first-order valence-electron chi connectivity index (χ1n) is 6.95. The van der Waals surface area contributed by atoms with Gasteiger partial charge in [-0.05, 0) is 12.3 Å². The van der Waals surface area contributed by atoms with E-state index in [0.29, 0.717) is 0 Å². The third kappa shape index (κ3) is 15.2. The molecule has 0 saturated heterocycles. The second-order valence-corrected chi connectivity index (χ2v) is 4.37. The van der Waals surface area contributed by atoms with Gasteiger partial charge in [-0.1, -0.05) is 52.4 Å². The molecule has 1 N–H and O–H groups in total. The lowest BCUT2D eigenvalue weighted by Gasteiger charge is -2.11. The Bertz CT molecular complexity index is 170. The minimum absolute atomic E-state index is 0. The second-order valence-electron chi connectivity index (χ2n) is 4.37. The molecule has 0 unspecified atom stereocenters. The van der Waals surface area contributed by atoms with Crippen LogP contribution in [0, 0.1) is 5.92 Å². The molecule has 0 heterocycles. The van der Waals surface area contributed by atoms with Crippen LogP contribution in [0.4, 0.5) is 0 Å². The van der Waals surface area contributed by atoms with Gasteiger partial charge in [0.15, 0.2) is 0 Å². The van der Waals surface area contributed by atoms with Crippen molar-refractivity contribution in [3.05, 3.63) is 13.2 Å². The Kier molecular flexibility index (Phi) is 16.6. The van der Waals surface area contributed by atoms with E-state index in [1.54, 1.807) is 6.92 Å². The Morgan fingerprint density at radius 1 is 1.12 bits per heavy atom. The Morgan fingerprint density at radius 3 is 2.12 bits per heavy atom. The first-order chi connectivity index (χ1) is 8.20. The van der Waals surface area contributed by atoms with Crippen molar-refractivity contribution in [2.45, 2.75) is 65.7 Å². The number of carbonyl (C=O) groups excluding carboxylic acids is 1. The van der Waals surface area contributed by atoms with E-state index in [-0.39, 0.29) is 7.33 Å². The fourth-order valence-corrected chi connectivity index (χ4v) is 1.87. The molecule has 0 aromatic heterocycles. The van der Waals surface area contributed by atoms with Crippen molar-refractivity contribution in [2.24, 2.45) is 5.92 Å². The number of hydrogen-bond acceptors (Lipinski definition) is 1. The first kappa shape index (κ1) is 18.6. The summed E-state index contributed by atoms with van der Waals surface area (Å²) >= 11 is 0. The van der Waals surface area contributed by atoms with E-state index >= 15 is 0 Å². The molecular formula is C15H33NO. The molecule has 17 heavy (non-hydrogen) atoms. The van der Waals surface area contributed by atoms with Crippen molar-refractivity contribution in [3.63, 3.8) is 0 Å². The molecular weight excluding hydrogens is 210 g/mol. The van der Waals surface area contributed by atoms with Gasteiger partial charge in [0.05, 0.1) is 0 Å². The van der Waals surface area contributed by atoms with Crippen molar-refractivity contribution in [2.75, 3.05) is 6.54 Å². The highest BCUT2D eigenvalue weighted by Gasteiger charge is 2.02. The maximum absolute atomic E-state index is 10.6. The molecule has 0 bridgehead atoms. The highest BCUT2D eigenvalue weighted by atomic mass is 16.1. The standard InChI is InChI=1S/C13H27NO.C2H4.H2/c1-4-13(5-2)10-8-6-7-9-11-14-12(3)15;1-2;/h13H,4-11H2,1-3H3,(H,14,15);1-2H2;1H. The first-order valence-corrected chi connectivity index (χ1v) is 6.95. The van der Waals surface area contributed by atoms with Crippen molar-refractivity contribution >= 4 is 5.91 Å². The minimum Gasteiger partial charge on any atom is -0.356 e. The molecule has 1 amide bonds. The van der Waals surface area contributed by atoms with E-state index in [9.17, 15) is 4.79 Å². The largest absolute Gasteiger partial charge is 0.356 e. The number of unbranched alkanes of at least 4 members (excludes halogenated alkanes) is 3. The molecule has 0 saturated carbocycles. The molecule has 0 atom stereocenters. The van der Waals surface area contributed by atoms with Crippen LogP contribution in [0.15, 0.2) is 13.2 Å². The molecule has 0 radical (unpaired) electrons. The summed E-state index contributed by atoms with van der Waals surface area (Å²) in [5, 5.41) is 2.83. The Labute approximate surface area is 109 Å². The highest BCUT2D eigenvalue weighted by molar-refractivity contribution is 5.72. The zero-order valence-corrected chi connectivity index (χ0v) is 12.1. The summed E-state index contributed by atoms with van der Waals surface area (Å²) in [5.74, 6) is 1.02. The van der Waals surface area contributed by atoms with Crippen molar-refractivity contribution in [3.8, 4) is 0 Å². The molecule has 0 aliphatic carbocycles. The van der Waals surface area contributed by atoms with Crippen LogP contribution in [0.2, 0.25) is 0 Å². The Morgan fingerprint density at radius 2 is 1.65 bits per heavy atom. The third-order valence-corrected chi connectivity index (χ3v) is 3.07. The molecule has 0 aromatic carbocycles. The predicted octanol–water partition coefficient (Wildman–Crippen LogP) is 4.56. The lowest BCUT2D eigenvalue weighted by molar-refractivity contribution is -0.118. The van der Waals surface area contributed by atoms with Gasteiger partial charge >= 0.3 is 0 Å². The van der Waals surface area contributed by atoms with Crippen LogP contribution in [0.5, 0.6) is 0 Å². The van der Waals surface area contributed by atoms with Gasteiger partial charge in [-0.25, -0.2) is 0 Å². The van der Waals surface area contributed by atoms with E-state index < -0.39 is 0 Å². The Hall–Kier alpha value is -0.790. The van der Waals surface area contributed by atoms with Crippen LogP contribution in [0.1, 0.15) is 67.1 Å². The molecule has 0 aliphatic heterocycles. The zero-order chi connectivity index (χ0) is 13.5. The van der Waals surface area contributed by atoms with Crippen molar-refractivity contribution < 1.29 is 6.22 Å². The molecule has 2 heteroatoms. The quantitative estimate of drug-likeness (QED) is 0.467. The number of nitrogens with one attached hydrogen (secondary N) is 1. The van der Waals surface area contributed by atoms with E-state index in [4.69, 9.17) is 0 Å². The molecule has 0 spiro atoms. The summed E-state index contributed by atoms with van der Waals surface area (Å²) in [5.41, 5.74) is 0. The minimum atomic E-state index is 0. The van der Waals surface area contributed by atoms with Gasteiger partial charge in [0.2, 0.25) is 5.91 Å². The molecule has 0 aliphatic rings. The zero-order valence-electron chi connectivity index (χ0n) is 12.1. The van der Waals surface area contributed by atoms with Crippen LogP contribution in [0.3, 0.4) is 0 Å². The summed E-state index contributed by atoms with van der Waals surface area (Å²) in [6.45, 7) is 13.0. The predicted molar refractivity (Wildman–Crippen MR) is 79.2 cm³/mol. The number of carbonyl (C=O) groups is 1. The Balaban J connectivity index is -0.000000709. The maximum atomic E-state index is 10.6. The van der Waals surface area contributed by atoms with E-state index in [2.05, 4.69) is 32.3 Å². The average molecular weight is 243 g/mol. The summed E-state index contributed by atoms with van der Waals surface area (Å²) in [4.78, 5) is 10.6. The maximum Gasteiger partial charge on any atom is 0.216 e. The topological polar surface area (TPSA) is 29.1 Å². The van der Waals surface area contributed by atoms with Crippen LogP contribution < -0.4 is 5.32 Å². The van der Waals surface area contributed by atoms with Crippen LogP contribution in [0.25, 0.3) is 0 Å². The van der Waals surface area contributed by atoms with Crippen LogP contribution >= 0.6 is 0 Å². The smallest absolute Gasteiger partial charge is 0.216 e. The van der Waals surface area contributed by atoms with E-state index in [1.807, 2.05) is 0 Å². The fourth-order valence-electron chi connectivity index (χ4n) is 1.87. The molecule has 0 rings (SSSR count). The number of rotatable bonds is 9. The monoisotopic (exact) mass is 243 g/mol. The van der Waals surface area contributed by atoms with Crippen LogP contribution in [-0.2, 0) is 4.79 Å². The molecule has 0 fully saturated rings. The van der Waals surface area contributed by atoms with Gasteiger partial charge in [-0.3, -0.25) is 4.79 Å². The second kappa shape index (κ2) is 15.2. The van der Waals surface area contributed by atoms with Crippen molar-refractivity contribution in [1.82, 2.24) is 5.32 Å². The third-order valence-electron chi connectivity index (χ3n) is 3.07. The van der Waals surface area contributed by atoms with Gasteiger partial charge in [-0.2, -0.15) is 0 Å². The van der Waals surface area contributed by atoms with Gasteiger partial charge in [0.1, 0.15) is 0 Å². The lowest BCUT2D eigenvalue weighted by Crippen LogP contribution is -2.20. The number of hydrogen-bond donors (Lipinski definition) is 1. The molecule has 0 aromatic rings. The summed E-state index contributed by atoms with van der Waals surface area (Å²) in [6.07, 6.45) is 9.07. The summed E-state index contributed by atoms with van der Waals surface area (Å²) < 4.78 is 0. The molecule has 2 nitrogen and oxygen atoms in total.